The molecule has 2 N–H and O–H groups in total. The summed E-state index contributed by atoms with van der Waals surface area (Å²) in [5.41, 5.74) is 7.21. The van der Waals surface area contributed by atoms with E-state index in [4.69, 9.17) is 10.5 Å². The summed E-state index contributed by atoms with van der Waals surface area (Å²) < 4.78 is 5.51. The van der Waals surface area contributed by atoms with Crippen LogP contribution in [-0.4, -0.2) is 9.97 Å². The molecule has 0 atom stereocenters. The number of ether oxygens (including phenoxy) is 1. The van der Waals surface area contributed by atoms with Gasteiger partial charge in [-0.2, -0.15) is 4.98 Å². The number of rotatable bonds is 2. The van der Waals surface area contributed by atoms with Gasteiger partial charge < -0.3 is 10.5 Å². The lowest BCUT2D eigenvalue weighted by Gasteiger charge is -2.06. The van der Waals surface area contributed by atoms with Crippen LogP contribution in [0.1, 0.15) is 5.56 Å². The van der Waals surface area contributed by atoms with Crippen LogP contribution in [0, 0.1) is 6.92 Å². The lowest BCUT2D eigenvalue weighted by Crippen LogP contribution is -1.95. The first-order chi connectivity index (χ1) is 7.25. The van der Waals surface area contributed by atoms with Gasteiger partial charge in [0.15, 0.2) is 0 Å². The second-order valence-corrected chi connectivity index (χ2v) is 3.20. The third-order valence-corrected chi connectivity index (χ3v) is 1.91. The van der Waals surface area contributed by atoms with E-state index < -0.39 is 0 Å². The molecular weight excluding hydrogens is 190 g/mol. The molecule has 0 aliphatic rings. The van der Waals surface area contributed by atoms with E-state index in [2.05, 4.69) is 9.97 Å². The normalized spacial score (nSPS) is 9.93. The molecule has 76 valence electrons. The molecular formula is C11H11N3O. The second kappa shape index (κ2) is 3.96. The summed E-state index contributed by atoms with van der Waals surface area (Å²) in [7, 11) is 0. The number of hydrogen-bond acceptors (Lipinski definition) is 4. The highest BCUT2D eigenvalue weighted by Crippen LogP contribution is 2.23. The van der Waals surface area contributed by atoms with E-state index in [0.29, 0.717) is 11.6 Å². The molecule has 0 fully saturated rings. The number of aromatic nitrogens is 2. The van der Waals surface area contributed by atoms with Crippen LogP contribution in [-0.2, 0) is 0 Å². The molecule has 0 bridgehead atoms. The molecule has 2 aromatic rings. The molecule has 0 radical (unpaired) electrons. The zero-order valence-corrected chi connectivity index (χ0v) is 8.34. The van der Waals surface area contributed by atoms with Gasteiger partial charge in [0.2, 0.25) is 5.88 Å². The minimum atomic E-state index is 0.385. The summed E-state index contributed by atoms with van der Waals surface area (Å²) in [6, 6.07) is 7.69. The molecule has 0 unspecified atom stereocenters. The molecule has 1 aromatic heterocycles. The molecule has 2 rings (SSSR count). The van der Waals surface area contributed by atoms with Crippen LogP contribution in [0.2, 0.25) is 0 Å². The van der Waals surface area contributed by atoms with E-state index in [1.165, 1.54) is 12.5 Å². The number of nitrogen functional groups attached to an aromatic ring is 1. The van der Waals surface area contributed by atoms with Crippen LogP contribution in [0.25, 0.3) is 0 Å². The molecule has 4 heteroatoms. The van der Waals surface area contributed by atoms with Crippen LogP contribution in [0.3, 0.4) is 0 Å². The molecule has 0 saturated heterocycles. The maximum atomic E-state index is 5.66. The monoisotopic (exact) mass is 201 g/mol. The number of benzene rings is 1. The SMILES string of the molecule is Cc1cccc(Oc2ncncc2N)c1. The molecule has 4 nitrogen and oxygen atoms in total. The zero-order chi connectivity index (χ0) is 10.7. The second-order valence-electron chi connectivity index (χ2n) is 3.20. The van der Waals surface area contributed by atoms with Gasteiger partial charge in [-0.25, -0.2) is 4.98 Å². The average molecular weight is 201 g/mol. The third-order valence-electron chi connectivity index (χ3n) is 1.91. The van der Waals surface area contributed by atoms with Crippen molar-refractivity contribution in [1.29, 1.82) is 0 Å². The highest BCUT2D eigenvalue weighted by atomic mass is 16.5. The van der Waals surface area contributed by atoms with Crippen molar-refractivity contribution in [2.24, 2.45) is 0 Å². The van der Waals surface area contributed by atoms with Crippen molar-refractivity contribution in [3.05, 3.63) is 42.4 Å². The van der Waals surface area contributed by atoms with Gasteiger partial charge in [-0.1, -0.05) is 12.1 Å². The van der Waals surface area contributed by atoms with Gasteiger partial charge in [-0.15, -0.1) is 0 Å². The third kappa shape index (κ3) is 2.22. The van der Waals surface area contributed by atoms with Crippen LogP contribution < -0.4 is 10.5 Å². The fourth-order valence-corrected chi connectivity index (χ4v) is 1.20. The molecule has 15 heavy (non-hydrogen) atoms. The number of nitrogens with zero attached hydrogens (tertiary/aromatic N) is 2. The summed E-state index contributed by atoms with van der Waals surface area (Å²) in [4.78, 5) is 7.73. The Kier molecular flexibility index (Phi) is 2.49. The quantitative estimate of drug-likeness (QED) is 0.808. The fourth-order valence-electron chi connectivity index (χ4n) is 1.20. The Labute approximate surface area is 87.7 Å². The van der Waals surface area contributed by atoms with Crippen LogP contribution in [0.5, 0.6) is 11.6 Å². The van der Waals surface area contributed by atoms with Crippen molar-refractivity contribution in [3.8, 4) is 11.6 Å². The Hall–Kier alpha value is -2.10. The fraction of sp³-hybridized carbons (Fsp3) is 0.0909. The van der Waals surface area contributed by atoms with Crippen molar-refractivity contribution in [2.45, 2.75) is 6.92 Å². The highest BCUT2D eigenvalue weighted by Gasteiger charge is 2.02. The van der Waals surface area contributed by atoms with E-state index >= 15 is 0 Å². The minimum Gasteiger partial charge on any atom is -0.437 e. The van der Waals surface area contributed by atoms with Gasteiger partial charge in [0.25, 0.3) is 0 Å². The highest BCUT2D eigenvalue weighted by molar-refractivity contribution is 5.47. The average Bonchev–Trinajstić information content (AvgIpc) is 2.22. The van der Waals surface area contributed by atoms with E-state index in [-0.39, 0.29) is 0 Å². The standard InChI is InChI=1S/C11H11N3O/c1-8-3-2-4-9(5-8)15-11-10(12)6-13-7-14-11/h2-7H,12H2,1H3. The zero-order valence-electron chi connectivity index (χ0n) is 8.34. The maximum absolute atomic E-state index is 5.66. The van der Waals surface area contributed by atoms with E-state index in [1.54, 1.807) is 0 Å². The number of anilines is 1. The van der Waals surface area contributed by atoms with Crippen LogP contribution in [0.4, 0.5) is 5.69 Å². The minimum absolute atomic E-state index is 0.385. The van der Waals surface area contributed by atoms with Crippen LogP contribution >= 0.6 is 0 Å². The number of aryl methyl sites for hydroxylation is 1. The molecule has 1 aromatic carbocycles. The van der Waals surface area contributed by atoms with Crippen molar-refractivity contribution in [3.63, 3.8) is 0 Å². The Bertz CT molecular complexity index is 471. The summed E-state index contributed by atoms with van der Waals surface area (Å²) in [5.74, 6) is 1.11. The lowest BCUT2D eigenvalue weighted by molar-refractivity contribution is 0.464. The molecule has 1 heterocycles. The number of hydrogen-bond donors (Lipinski definition) is 1. The Morgan fingerprint density at radius 2 is 2.20 bits per heavy atom. The van der Waals surface area contributed by atoms with E-state index in [1.807, 2.05) is 31.2 Å². The van der Waals surface area contributed by atoms with Crippen molar-refractivity contribution in [1.82, 2.24) is 9.97 Å². The predicted octanol–water partition coefficient (Wildman–Crippen LogP) is 2.16. The first kappa shape index (κ1) is 9.45. The molecule has 0 spiro atoms. The Balaban J connectivity index is 2.26. The van der Waals surface area contributed by atoms with Crippen molar-refractivity contribution >= 4 is 5.69 Å². The van der Waals surface area contributed by atoms with Crippen molar-refractivity contribution < 1.29 is 4.74 Å². The topological polar surface area (TPSA) is 61.0 Å². The van der Waals surface area contributed by atoms with E-state index in [9.17, 15) is 0 Å². The predicted molar refractivity (Wildman–Crippen MR) is 57.7 cm³/mol. The summed E-state index contributed by atoms with van der Waals surface area (Å²) in [6.07, 6.45) is 2.92. The van der Waals surface area contributed by atoms with Gasteiger partial charge in [0, 0.05) is 0 Å². The lowest BCUT2D eigenvalue weighted by atomic mass is 10.2. The number of nitrogens with two attached hydrogens (primary N) is 1. The van der Waals surface area contributed by atoms with Gasteiger partial charge in [-0.05, 0) is 24.6 Å². The largest absolute Gasteiger partial charge is 0.437 e. The summed E-state index contributed by atoms with van der Waals surface area (Å²) >= 11 is 0. The van der Waals surface area contributed by atoms with E-state index in [0.717, 1.165) is 11.3 Å². The molecule has 0 saturated carbocycles. The Morgan fingerprint density at radius 3 is 2.93 bits per heavy atom. The maximum Gasteiger partial charge on any atom is 0.245 e. The van der Waals surface area contributed by atoms with Gasteiger partial charge in [-0.3, -0.25) is 0 Å². The van der Waals surface area contributed by atoms with Gasteiger partial charge in [0.05, 0.1) is 6.20 Å². The van der Waals surface area contributed by atoms with Crippen molar-refractivity contribution in [2.75, 3.05) is 5.73 Å². The molecule has 0 aliphatic heterocycles. The molecule has 0 aliphatic carbocycles. The first-order valence-corrected chi connectivity index (χ1v) is 4.56. The van der Waals surface area contributed by atoms with Gasteiger partial charge in [0.1, 0.15) is 17.8 Å². The first-order valence-electron chi connectivity index (χ1n) is 4.56. The van der Waals surface area contributed by atoms with Gasteiger partial charge >= 0.3 is 0 Å². The Morgan fingerprint density at radius 1 is 1.33 bits per heavy atom. The van der Waals surface area contributed by atoms with Crippen LogP contribution in [0.15, 0.2) is 36.8 Å². The molecule has 0 amide bonds. The smallest absolute Gasteiger partial charge is 0.245 e. The summed E-state index contributed by atoms with van der Waals surface area (Å²) in [6.45, 7) is 2.00. The summed E-state index contributed by atoms with van der Waals surface area (Å²) in [5, 5.41) is 0.